The van der Waals surface area contributed by atoms with Crippen LogP contribution in [0.3, 0.4) is 0 Å². The fraction of sp³-hybridized carbons (Fsp3) is 0.944. The van der Waals surface area contributed by atoms with Crippen molar-refractivity contribution in [3.05, 3.63) is 0 Å². The van der Waals surface area contributed by atoms with Crippen molar-refractivity contribution in [2.24, 2.45) is 5.92 Å². The van der Waals surface area contributed by atoms with Gasteiger partial charge >= 0.3 is 0 Å². The van der Waals surface area contributed by atoms with E-state index in [4.69, 9.17) is 0 Å². The van der Waals surface area contributed by atoms with Crippen LogP contribution in [-0.4, -0.2) is 36.1 Å². The maximum atomic E-state index is 9.67. The van der Waals surface area contributed by atoms with Crippen LogP contribution < -0.4 is 5.32 Å². The van der Waals surface area contributed by atoms with Crippen LogP contribution in [0, 0.1) is 17.2 Å². The molecule has 0 aromatic carbocycles. The normalized spacial score (nSPS) is 34.0. The number of hydrogen-bond donors (Lipinski definition) is 1. The third kappa shape index (κ3) is 3.99. The summed E-state index contributed by atoms with van der Waals surface area (Å²) in [6.45, 7) is 7.81. The summed E-state index contributed by atoms with van der Waals surface area (Å²) in [5, 5.41) is 13.2. The van der Waals surface area contributed by atoms with Crippen LogP contribution in [0.1, 0.15) is 71.6 Å². The molecule has 1 aliphatic carbocycles. The Bertz CT molecular complexity index is 347. The van der Waals surface area contributed by atoms with Gasteiger partial charge in [0.15, 0.2) is 0 Å². The highest BCUT2D eigenvalue weighted by Gasteiger charge is 2.42. The van der Waals surface area contributed by atoms with Crippen molar-refractivity contribution in [1.29, 1.82) is 5.26 Å². The van der Waals surface area contributed by atoms with Crippen molar-refractivity contribution < 1.29 is 0 Å². The summed E-state index contributed by atoms with van der Waals surface area (Å²) >= 11 is 0. The fourth-order valence-electron chi connectivity index (χ4n) is 4.54. The van der Waals surface area contributed by atoms with Gasteiger partial charge in [-0.3, -0.25) is 5.32 Å². The van der Waals surface area contributed by atoms with Crippen molar-refractivity contribution in [3.63, 3.8) is 0 Å². The first-order valence-corrected chi connectivity index (χ1v) is 9.16. The summed E-state index contributed by atoms with van der Waals surface area (Å²) < 4.78 is 0. The van der Waals surface area contributed by atoms with E-state index in [2.05, 4.69) is 30.1 Å². The molecule has 3 heteroatoms. The van der Waals surface area contributed by atoms with E-state index in [1.165, 1.54) is 64.5 Å². The third-order valence-corrected chi connectivity index (χ3v) is 5.65. The molecule has 1 aliphatic heterocycles. The number of nitrogens with zero attached hydrogens (tertiary/aromatic N) is 2. The molecule has 0 aromatic rings. The Balaban J connectivity index is 1.90. The van der Waals surface area contributed by atoms with E-state index in [0.29, 0.717) is 5.92 Å². The highest BCUT2D eigenvalue weighted by molar-refractivity contribution is 5.14. The van der Waals surface area contributed by atoms with Crippen LogP contribution in [0.25, 0.3) is 0 Å². The molecule has 1 saturated heterocycles. The minimum atomic E-state index is -0.231. The predicted octanol–water partition coefficient (Wildman–Crippen LogP) is 3.70. The summed E-state index contributed by atoms with van der Waals surface area (Å²) in [6.07, 6.45) is 11.5. The maximum absolute atomic E-state index is 9.67. The monoisotopic (exact) mass is 291 g/mol. The first-order chi connectivity index (χ1) is 10.3. The molecule has 0 amide bonds. The molecular formula is C18H33N3. The zero-order valence-electron chi connectivity index (χ0n) is 14.0. The smallest absolute Gasteiger partial charge is 0.109 e. The average Bonchev–Trinajstić information content (AvgIpc) is 2.90. The molecule has 3 atom stereocenters. The molecule has 2 rings (SSSR count). The zero-order chi connectivity index (χ0) is 15.1. The lowest BCUT2D eigenvalue weighted by atomic mass is 9.85. The number of hydrogen-bond acceptors (Lipinski definition) is 3. The third-order valence-electron chi connectivity index (χ3n) is 5.65. The number of piperidine rings is 1. The van der Waals surface area contributed by atoms with E-state index in [0.717, 1.165) is 19.0 Å². The van der Waals surface area contributed by atoms with Gasteiger partial charge in [-0.25, -0.2) is 0 Å². The molecule has 3 nitrogen and oxygen atoms in total. The topological polar surface area (TPSA) is 39.1 Å². The van der Waals surface area contributed by atoms with Crippen LogP contribution in [-0.2, 0) is 0 Å². The Labute approximate surface area is 131 Å². The van der Waals surface area contributed by atoms with Crippen molar-refractivity contribution in [3.8, 4) is 6.07 Å². The van der Waals surface area contributed by atoms with Gasteiger partial charge in [-0.05, 0) is 64.1 Å². The number of nitrogens with one attached hydrogen (secondary N) is 1. The first kappa shape index (κ1) is 16.8. The second-order valence-corrected chi connectivity index (χ2v) is 6.97. The van der Waals surface area contributed by atoms with Gasteiger partial charge in [0.2, 0.25) is 0 Å². The molecule has 1 heterocycles. The highest BCUT2D eigenvalue weighted by atomic mass is 15.2. The molecule has 21 heavy (non-hydrogen) atoms. The number of rotatable bonds is 7. The minimum absolute atomic E-state index is 0.231. The second-order valence-electron chi connectivity index (χ2n) is 6.97. The summed E-state index contributed by atoms with van der Waals surface area (Å²) in [4.78, 5) is 2.72. The lowest BCUT2D eigenvalue weighted by Crippen LogP contribution is -2.48. The van der Waals surface area contributed by atoms with Crippen molar-refractivity contribution >= 4 is 0 Å². The Morgan fingerprint density at radius 2 is 2.05 bits per heavy atom. The highest BCUT2D eigenvalue weighted by Crippen LogP contribution is 2.38. The van der Waals surface area contributed by atoms with Gasteiger partial charge in [0.05, 0.1) is 6.07 Å². The molecule has 3 unspecified atom stereocenters. The van der Waals surface area contributed by atoms with E-state index < -0.39 is 0 Å². The maximum Gasteiger partial charge on any atom is 0.109 e. The summed E-state index contributed by atoms with van der Waals surface area (Å²) in [7, 11) is 0. The van der Waals surface area contributed by atoms with Crippen LogP contribution in [0.2, 0.25) is 0 Å². The molecule has 1 saturated carbocycles. The fourth-order valence-corrected chi connectivity index (χ4v) is 4.54. The Hall–Kier alpha value is -0.590. The SMILES string of the molecule is CCCC1CCCCN1CCC1CCCC1(C#N)NCC. The van der Waals surface area contributed by atoms with E-state index in [9.17, 15) is 5.26 Å². The molecular weight excluding hydrogens is 258 g/mol. The molecule has 0 bridgehead atoms. The van der Waals surface area contributed by atoms with Crippen LogP contribution in [0.4, 0.5) is 0 Å². The van der Waals surface area contributed by atoms with Gasteiger partial charge in [-0.1, -0.05) is 33.1 Å². The first-order valence-electron chi connectivity index (χ1n) is 9.16. The summed E-state index contributed by atoms with van der Waals surface area (Å²) in [6, 6.07) is 3.43. The molecule has 0 spiro atoms. The van der Waals surface area contributed by atoms with Crippen molar-refractivity contribution in [2.75, 3.05) is 19.6 Å². The van der Waals surface area contributed by atoms with E-state index in [1.54, 1.807) is 0 Å². The van der Waals surface area contributed by atoms with Gasteiger partial charge < -0.3 is 4.90 Å². The van der Waals surface area contributed by atoms with E-state index in [-0.39, 0.29) is 5.54 Å². The summed E-state index contributed by atoms with van der Waals surface area (Å²) in [5.74, 6) is 0.548. The standard InChI is InChI=1S/C18H33N3/c1-3-8-17-10-5-6-13-21(17)14-11-16-9-7-12-18(16,15-19)20-4-2/h16-17,20H,3-14H2,1-2H3. The largest absolute Gasteiger partial charge is 0.300 e. The van der Waals surface area contributed by atoms with Crippen LogP contribution >= 0.6 is 0 Å². The van der Waals surface area contributed by atoms with Gasteiger partial charge in [-0.2, -0.15) is 5.26 Å². The van der Waals surface area contributed by atoms with Gasteiger partial charge in [0, 0.05) is 6.04 Å². The predicted molar refractivity (Wildman–Crippen MR) is 88.1 cm³/mol. The molecule has 2 fully saturated rings. The number of likely N-dealkylation sites (tertiary alicyclic amines) is 1. The van der Waals surface area contributed by atoms with Gasteiger partial charge in [0.25, 0.3) is 0 Å². The van der Waals surface area contributed by atoms with E-state index >= 15 is 0 Å². The van der Waals surface area contributed by atoms with E-state index in [1.807, 2.05) is 0 Å². The van der Waals surface area contributed by atoms with Crippen molar-refractivity contribution in [2.45, 2.75) is 83.2 Å². The van der Waals surface area contributed by atoms with Gasteiger partial charge in [0.1, 0.15) is 5.54 Å². The van der Waals surface area contributed by atoms with Gasteiger partial charge in [-0.15, -0.1) is 0 Å². The molecule has 2 aliphatic rings. The molecule has 0 aromatic heterocycles. The van der Waals surface area contributed by atoms with Crippen molar-refractivity contribution in [1.82, 2.24) is 10.2 Å². The Kier molecular flexibility index (Phi) is 6.51. The zero-order valence-corrected chi connectivity index (χ0v) is 14.0. The van der Waals surface area contributed by atoms with Crippen LogP contribution in [0.5, 0.6) is 0 Å². The second kappa shape index (κ2) is 8.15. The quantitative estimate of drug-likeness (QED) is 0.777. The Morgan fingerprint density at radius 1 is 1.19 bits per heavy atom. The summed E-state index contributed by atoms with van der Waals surface area (Å²) in [5.41, 5.74) is -0.231. The lowest BCUT2D eigenvalue weighted by Gasteiger charge is -2.38. The lowest BCUT2D eigenvalue weighted by molar-refractivity contribution is 0.124. The van der Waals surface area contributed by atoms with Crippen LogP contribution in [0.15, 0.2) is 0 Å². The molecule has 1 N–H and O–H groups in total. The number of nitriles is 1. The molecule has 120 valence electrons. The minimum Gasteiger partial charge on any atom is -0.300 e. The molecule has 0 radical (unpaired) electrons. The Morgan fingerprint density at radius 3 is 2.76 bits per heavy atom. The average molecular weight is 291 g/mol.